The predicted octanol–water partition coefficient (Wildman–Crippen LogP) is -3.49. The minimum atomic E-state index is -4.04. The van der Waals surface area contributed by atoms with Crippen molar-refractivity contribution in [3.8, 4) is 6.07 Å². The Hall–Kier alpha value is 0.400. The molecule has 0 unspecified atom stereocenters. The van der Waals surface area contributed by atoms with Crippen molar-refractivity contribution < 1.29 is 44.0 Å². The SMILES string of the molecule is N#CCS(=O)(=O)O.[H-].[Na+]. The second kappa shape index (κ2) is 4.30. The molecule has 0 amide bonds. The second-order valence-corrected chi connectivity index (χ2v) is 2.34. The molecular formula is C2H4NNaO3S. The largest absolute Gasteiger partial charge is 1.00 e. The molecule has 0 aromatic rings. The maximum Gasteiger partial charge on any atom is 1.00 e. The fourth-order valence-electron chi connectivity index (χ4n) is 0.0816. The fourth-order valence-corrected chi connectivity index (χ4v) is 0.245. The zero-order valence-corrected chi connectivity index (χ0v) is 7.14. The van der Waals surface area contributed by atoms with Crippen LogP contribution in [0.25, 0.3) is 0 Å². The summed E-state index contributed by atoms with van der Waals surface area (Å²) < 4.78 is 26.9. The number of nitriles is 1. The van der Waals surface area contributed by atoms with E-state index in [2.05, 4.69) is 0 Å². The molecule has 0 radical (unpaired) electrons. The Balaban J connectivity index is -0.000000180. The van der Waals surface area contributed by atoms with Gasteiger partial charge in [0.2, 0.25) is 0 Å². The molecule has 0 aliphatic heterocycles. The molecule has 6 heteroatoms. The van der Waals surface area contributed by atoms with Crippen LogP contribution in [0.2, 0.25) is 0 Å². The van der Waals surface area contributed by atoms with E-state index in [4.69, 9.17) is 9.81 Å². The molecule has 0 aliphatic carbocycles. The van der Waals surface area contributed by atoms with Crippen molar-refractivity contribution >= 4 is 10.1 Å². The van der Waals surface area contributed by atoms with Crippen molar-refractivity contribution in [2.24, 2.45) is 0 Å². The molecule has 0 saturated carbocycles. The molecule has 0 aromatic carbocycles. The van der Waals surface area contributed by atoms with Gasteiger partial charge in [0.15, 0.2) is 5.75 Å². The number of hydrogen-bond donors (Lipinski definition) is 1. The van der Waals surface area contributed by atoms with E-state index in [1.165, 1.54) is 6.07 Å². The van der Waals surface area contributed by atoms with E-state index in [1.54, 1.807) is 0 Å². The minimum Gasteiger partial charge on any atom is -1.00 e. The first kappa shape index (κ1) is 11.2. The zero-order chi connectivity index (χ0) is 5.91. The van der Waals surface area contributed by atoms with E-state index in [9.17, 15) is 8.42 Å². The Bertz CT molecular complexity index is 182. The van der Waals surface area contributed by atoms with Crippen LogP contribution in [0, 0.1) is 11.3 Å². The molecule has 42 valence electrons. The van der Waals surface area contributed by atoms with E-state index in [0.717, 1.165) is 0 Å². The van der Waals surface area contributed by atoms with Crippen LogP contribution in [0.1, 0.15) is 1.43 Å². The molecule has 1 N–H and O–H groups in total. The van der Waals surface area contributed by atoms with Crippen molar-refractivity contribution in [2.75, 3.05) is 5.75 Å². The van der Waals surface area contributed by atoms with Gasteiger partial charge in [-0.25, -0.2) is 0 Å². The van der Waals surface area contributed by atoms with Crippen molar-refractivity contribution in [3.63, 3.8) is 0 Å². The van der Waals surface area contributed by atoms with Crippen LogP contribution in [0.15, 0.2) is 0 Å². The van der Waals surface area contributed by atoms with E-state index >= 15 is 0 Å². The topological polar surface area (TPSA) is 78.2 Å². The summed E-state index contributed by atoms with van der Waals surface area (Å²) in [5.41, 5.74) is 0. The molecule has 8 heavy (non-hydrogen) atoms. The Labute approximate surface area is 71.0 Å². The third-order valence-corrected chi connectivity index (χ3v) is 0.741. The average molecular weight is 145 g/mol. The van der Waals surface area contributed by atoms with Crippen molar-refractivity contribution in [2.45, 2.75) is 0 Å². The van der Waals surface area contributed by atoms with E-state index < -0.39 is 15.9 Å². The molecule has 4 nitrogen and oxygen atoms in total. The molecule has 0 atom stereocenters. The minimum absolute atomic E-state index is 0. The summed E-state index contributed by atoms with van der Waals surface area (Å²) in [6, 6.07) is 1.27. The first-order chi connectivity index (χ1) is 3.06. The molecular weight excluding hydrogens is 141 g/mol. The van der Waals surface area contributed by atoms with Gasteiger partial charge in [-0.15, -0.1) is 0 Å². The molecule has 0 saturated heterocycles. The van der Waals surface area contributed by atoms with Crippen LogP contribution >= 0.6 is 0 Å². The van der Waals surface area contributed by atoms with Crippen molar-refractivity contribution in [1.82, 2.24) is 0 Å². The van der Waals surface area contributed by atoms with Crippen LogP contribution in [0.4, 0.5) is 0 Å². The maximum absolute atomic E-state index is 9.56. The van der Waals surface area contributed by atoms with Crippen LogP contribution in [-0.4, -0.2) is 18.7 Å². The van der Waals surface area contributed by atoms with Crippen LogP contribution in [-0.2, 0) is 10.1 Å². The van der Waals surface area contributed by atoms with Crippen LogP contribution in [0.3, 0.4) is 0 Å². The van der Waals surface area contributed by atoms with Crippen LogP contribution in [0.5, 0.6) is 0 Å². The molecule has 0 spiro atoms. The normalized spacial score (nSPS) is 9.00. The molecule has 0 rings (SSSR count). The fraction of sp³-hybridized carbons (Fsp3) is 0.500. The van der Waals surface area contributed by atoms with Gasteiger partial charge in [0.1, 0.15) is 0 Å². The Morgan fingerprint density at radius 2 is 2.12 bits per heavy atom. The Morgan fingerprint density at radius 1 is 1.75 bits per heavy atom. The molecule has 0 bridgehead atoms. The van der Waals surface area contributed by atoms with E-state index in [-0.39, 0.29) is 31.0 Å². The Kier molecular flexibility index (Phi) is 6.03. The number of nitrogens with zero attached hydrogens (tertiary/aromatic N) is 1. The summed E-state index contributed by atoms with van der Waals surface area (Å²) in [5.74, 6) is -0.826. The summed E-state index contributed by atoms with van der Waals surface area (Å²) >= 11 is 0. The van der Waals surface area contributed by atoms with Gasteiger partial charge in [0, 0.05) is 0 Å². The maximum atomic E-state index is 9.56. The molecule has 0 aliphatic rings. The molecule has 0 aromatic heterocycles. The van der Waals surface area contributed by atoms with Gasteiger partial charge in [-0.3, -0.25) is 4.55 Å². The first-order valence-corrected chi connectivity index (χ1v) is 2.99. The Morgan fingerprint density at radius 3 is 2.12 bits per heavy atom. The standard InChI is InChI=1S/C2H3NO3S.Na.H/c3-1-2-7(4,5)6;;/h2H2,(H,4,5,6);;/q;+1;-1. The smallest absolute Gasteiger partial charge is 1.00 e. The van der Waals surface area contributed by atoms with Gasteiger partial charge in [-0.1, -0.05) is 0 Å². The van der Waals surface area contributed by atoms with Crippen LogP contribution < -0.4 is 29.6 Å². The number of rotatable bonds is 1. The third kappa shape index (κ3) is 9.64. The van der Waals surface area contributed by atoms with Crippen molar-refractivity contribution in [3.05, 3.63) is 0 Å². The van der Waals surface area contributed by atoms with Gasteiger partial charge < -0.3 is 1.43 Å². The quantitative estimate of drug-likeness (QED) is 0.307. The molecule has 0 fully saturated rings. The van der Waals surface area contributed by atoms with Gasteiger partial charge in [0.05, 0.1) is 6.07 Å². The number of hydrogen-bond acceptors (Lipinski definition) is 3. The van der Waals surface area contributed by atoms with Gasteiger partial charge in [0.25, 0.3) is 10.1 Å². The average Bonchev–Trinajstić information content (AvgIpc) is 1.30. The predicted molar refractivity (Wildman–Crippen MR) is 23.1 cm³/mol. The summed E-state index contributed by atoms with van der Waals surface area (Å²) in [6.07, 6.45) is 0. The van der Waals surface area contributed by atoms with Gasteiger partial charge in [-0.05, 0) is 0 Å². The van der Waals surface area contributed by atoms with E-state index in [1.807, 2.05) is 0 Å². The summed E-state index contributed by atoms with van der Waals surface area (Å²) in [5, 5.41) is 7.61. The zero-order valence-electron chi connectivity index (χ0n) is 5.33. The summed E-state index contributed by atoms with van der Waals surface area (Å²) in [4.78, 5) is 0. The van der Waals surface area contributed by atoms with Crippen molar-refractivity contribution in [1.29, 1.82) is 5.26 Å². The third-order valence-electron chi connectivity index (χ3n) is 0.247. The van der Waals surface area contributed by atoms with Gasteiger partial charge >= 0.3 is 29.6 Å². The second-order valence-electron chi connectivity index (χ2n) is 0.884. The molecule has 0 heterocycles. The van der Waals surface area contributed by atoms with E-state index in [0.29, 0.717) is 0 Å². The monoisotopic (exact) mass is 145 g/mol. The van der Waals surface area contributed by atoms with Gasteiger partial charge in [-0.2, -0.15) is 13.7 Å². The summed E-state index contributed by atoms with van der Waals surface area (Å²) in [7, 11) is -4.04. The first-order valence-electron chi connectivity index (χ1n) is 1.38. The summed E-state index contributed by atoms with van der Waals surface area (Å²) in [6.45, 7) is 0.